The number of aryl methyl sites for hydroxylation is 1. The Morgan fingerprint density at radius 1 is 1.39 bits per heavy atom. The Hall–Kier alpha value is -2.28. The number of nitrogens with zero attached hydrogens (tertiary/aromatic N) is 3. The smallest absolute Gasteiger partial charge is 0.257 e. The van der Waals surface area contributed by atoms with Crippen molar-refractivity contribution in [3.8, 4) is 0 Å². The summed E-state index contributed by atoms with van der Waals surface area (Å²) in [6.45, 7) is 0.853. The number of hydrogen-bond donors (Lipinski definition) is 1. The van der Waals surface area contributed by atoms with E-state index in [0.29, 0.717) is 11.0 Å². The Bertz CT molecular complexity index is 808. The Labute approximate surface area is 137 Å². The van der Waals surface area contributed by atoms with Gasteiger partial charge in [-0.25, -0.2) is 4.98 Å². The molecule has 0 saturated heterocycles. The highest BCUT2D eigenvalue weighted by atomic mass is 32.2. The molecule has 1 atom stereocenters. The molecule has 1 unspecified atom stereocenters. The first-order valence-corrected chi connectivity index (χ1v) is 8.55. The molecule has 0 spiro atoms. The number of thioether (sulfide) groups is 1. The molecule has 4 rings (SSSR count). The fourth-order valence-corrected chi connectivity index (χ4v) is 3.45. The van der Waals surface area contributed by atoms with E-state index in [-0.39, 0.29) is 11.9 Å². The van der Waals surface area contributed by atoms with Gasteiger partial charge in [-0.1, -0.05) is 23.9 Å². The minimum atomic E-state index is 0.00946. The van der Waals surface area contributed by atoms with Gasteiger partial charge in [0.1, 0.15) is 5.52 Å². The largest absolute Gasteiger partial charge is 0.431 e. The van der Waals surface area contributed by atoms with Crippen molar-refractivity contribution in [1.29, 1.82) is 0 Å². The van der Waals surface area contributed by atoms with Crippen LogP contribution in [0.3, 0.4) is 0 Å². The van der Waals surface area contributed by atoms with E-state index >= 15 is 0 Å². The Kier molecular flexibility index (Phi) is 3.78. The molecule has 0 bridgehead atoms. The summed E-state index contributed by atoms with van der Waals surface area (Å²) in [6, 6.07) is 9.77. The van der Waals surface area contributed by atoms with Crippen LogP contribution in [0.5, 0.6) is 0 Å². The van der Waals surface area contributed by atoms with Crippen LogP contribution in [-0.4, -0.2) is 32.5 Å². The van der Waals surface area contributed by atoms with Crippen LogP contribution in [0.4, 0.5) is 0 Å². The lowest BCUT2D eigenvalue weighted by molar-refractivity contribution is -0.119. The molecule has 1 amide bonds. The monoisotopic (exact) mass is 328 g/mol. The summed E-state index contributed by atoms with van der Waals surface area (Å²) in [7, 11) is 0. The van der Waals surface area contributed by atoms with Crippen molar-refractivity contribution < 1.29 is 9.21 Å². The van der Waals surface area contributed by atoms with Crippen LogP contribution >= 0.6 is 11.8 Å². The van der Waals surface area contributed by atoms with Gasteiger partial charge < -0.3 is 9.73 Å². The molecule has 7 heteroatoms. The van der Waals surface area contributed by atoms with E-state index in [0.717, 1.165) is 30.5 Å². The van der Waals surface area contributed by atoms with E-state index < -0.39 is 0 Å². The van der Waals surface area contributed by atoms with Crippen molar-refractivity contribution in [2.24, 2.45) is 0 Å². The van der Waals surface area contributed by atoms with Gasteiger partial charge in [0, 0.05) is 30.9 Å². The zero-order valence-electron chi connectivity index (χ0n) is 12.4. The summed E-state index contributed by atoms with van der Waals surface area (Å²) >= 11 is 1.32. The molecule has 1 aromatic carbocycles. The number of hydrogen-bond acceptors (Lipinski definition) is 5. The number of carbonyl (C=O) groups is 1. The fourth-order valence-electron chi connectivity index (χ4n) is 2.80. The van der Waals surface area contributed by atoms with Crippen LogP contribution < -0.4 is 5.32 Å². The molecule has 1 aliphatic heterocycles. The minimum Gasteiger partial charge on any atom is -0.431 e. The normalized spacial score (nSPS) is 17.1. The number of oxazole rings is 1. The predicted octanol–water partition coefficient (Wildman–Crippen LogP) is 2.25. The average molecular weight is 328 g/mol. The zero-order chi connectivity index (χ0) is 15.6. The number of nitrogens with one attached hydrogen (secondary N) is 1. The van der Waals surface area contributed by atoms with Gasteiger partial charge in [0.15, 0.2) is 5.58 Å². The SMILES string of the molecule is O=C(CSc1nc2ccccc2o1)NC1CCn2nccc2C1. The quantitative estimate of drug-likeness (QED) is 0.744. The van der Waals surface area contributed by atoms with Gasteiger partial charge in [-0.3, -0.25) is 9.48 Å². The number of para-hydroxylation sites is 2. The van der Waals surface area contributed by atoms with Crippen molar-refractivity contribution in [2.45, 2.75) is 30.7 Å². The van der Waals surface area contributed by atoms with Crippen LogP contribution in [0, 0.1) is 0 Å². The zero-order valence-corrected chi connectivity index (χ0v) is 13.3. The molecule has 1 aliphatic rings. The van der Waals surface area contributed by atoms with Gasteiger partial charge in [-0.2, -0.15) is 5.10 Å². The maximum absolute atomic E-state index is 12.1. The molecule has 0 radical (unpaired) electrons. The average Bonchev–Trinajstić information content (AvgIpc) is 3.18. The number of rotatable bonds is 4. The highest BCUT2D eigenvalue weighted by molar-refractivity contribution is 7.99. The van der Waals surface area contributed by atoms with Gasteiger partial charge in [-0.15, -0.1) is 0 Å². The number of fused-ring (bicyclic) bond motifs is 2. The Morgan fingerprint density at radius 3 is 3.22 bits per heavy atom. The first kappa shape index (κ1) is 14.3. The van der Waals surface area contributed by atoms with Crippen LogP contribution in [0.15, 0.2) is 46.2 Å². The number of carbonyl (C=O) groups excluding carboxylic acids is 1. The van der Waals surface area contributed by atoms with Gasteiger partial charge in [0.05, 0.1) is 5.75 Å². The molecule has 2 aromatic heterocycles. The summed E-state index contributed by atoms with van der Waals surface area (Å²) in [4.78, 5) is 16.5. The number of amides is 1. The van der Waals surface area contributed by atoms with E-state index in [1.54, 1.807) is 0 Å². The molecule has 6 nitrogen and oxygen atoms in total. The van der Waals surface area contributed by atoms with Crippen molar-refractivity contribution in [1.82, 2.24) is 20.1 Å². The fraction of sp³-hybridized carbons (Fsp3) is 0.312. The molecular formula is C16H16N4O2S. The second kappa shape index (κ2) is 6.08. The molecule has 0 aliphatic carbocycles. The Morgan fingerprint density at radius 2 is 2.30 bits per heavy atom. The summed E-state index contributed by atoms with van der Waals surface area (Å²) in [5, 5.41) is 7.86. The molecule has 3 aromatic rings. The third-order valence-electron chi connectivity index (χ3n) is 3.92. The molecule has 3 heterocycles. The topological polar surface area (TPSA) is 73.0 Å². The number of benzene rings is 1. The van der Waals surface area contributed by atoms with E-state index in [2.05, 4.69) is 15.4 Å². The predicted molar refractivity (Wildman–Crippen MR) is 87.2 cm³/mol. The molecular weight excluding hydrogens is 312 g/mol. The van der Waals surface area contributed by atoms with Gasteiger partial charge in [0.2, 0.25) is 5.91 Å². The first-order valence-electron chi connectivity index (χ1n) is 7.56. The van der Waals surface area contributed by atoms with Crippen LogP contribution in [-0.2, 0) is 17.8 Å². The molecule has 0 saturated carbocycles. The Balaban J connectivity index is 1.32. The molecule has 0 fully saturated rings. The second-order valence-electron chi connectivity index (χ2n) is 5.54. The third-order valence-corrected chi connectivity index (χ3v) is 4.74. The highest BCUT2D eigenvalue weighted by Crippen LogP contribution is 2.23. The summed E-state index contributed by atoms with van der Waals surface area (Å²) < 4.78 is 7.60. The lowest BCUT2D eigenvalue weighted by Gasteiger charge is -2.24. The van der Waals surface area contributed by atoms with E-state index in [1.165, 1.54) is 17.5 Å². The van der Waals surface area contributed by atoms with E-state index in [4.69, 9.17) is 4.42 Å². The van der Waals surface area contributed by atoms with Crippen molar-refractivity contribution >= 4 is 28.8 Å². The van der Waals surface area contributed by atoms with Gasteiger partial charge >= 0.3 is 0 Å². The van der Waals surface area contributed by atoms with Crippen molar-refractivity contribution in [3.63, 3.8) is 0 Å². The summed E-state index contributed by atoms with van der Waals surface area (Å²) in [5.41, 5.74) is 2.74. The maximum atomic E-state index is 12.1. The standard InChI is InChI=1S/C16H16N4O2S/c21-15(18-11-6-8-20-12(9-11)5-7-17-20)10-23-16-19-13-3-1-2-4-14(13)22-16/h1-5,7,11H,6,8-10H2,(H,18,21). The molecule has 23 heavy (non-hydrogen) atoms. The van der Waals surface area contributed by atoms with Crippen LogP contribution in [0.1, 0.15) is 12.1 Å². The molecule has 118 valence electrons. The van der Waals surface area contributed by atoms with E-state index in [9.17, 15) is 4.79 Å². The third kappa shape index (κ3) is 3.10. The summed E-state index contributed by atoms with van der Waals surface area (Å²) in [5.74, 6) is 0.318. The number of aromatic nitrogens is 3. The first-order chi connectivity index (χ1) is 11.3. The second-order valence-corrected chi connectivity index (χ2v) is 6.47. The minimum absolute atomic E-state index is 0.00946. The highest BCUT2D eigenvalue weighted by Gasteiger charge is 2.20. The van der Waals surface area contributed by atoms with Gasteiger partial charge in [0.25, 0.3) is 5.22 Å². The van der Waals surface area contributed by atoms with E-state index in [1.807, 2.05) is 41.2 Å². The van der Waals surface area contributed by atoms with Crippen molar-refractivity contribution in [2.75, 3.05) is 5.75 Å². The van der Waals surface area contributed by atoms with Crippen LogP contribution in [0.2, 0.25) is 0 Å². The molecule has 1 N–H and O–H groups in total. The van der Waals surface area contributed by atoms with Crippen molar-refractivity contribution in [3.05, 3.63) is 42.2 Å². The maximum Gasteiger partial charge on any atom is 0.257 e. The lowest BCUT2D eigenvalue weighted by atomic mass is 10.0. The lowest BCUT2D eigenvalue weighted by Crippen LogP contribution is -2.41. The van der Waals surface area contributed by atoms with Crippen LogP contribution in [0.25, 0.3) is 11.1 Å². The summed E-state index contributed by atoms with van der Waals surface area (Å²) in [6.07, 6.45) is 3.55. The van der Waals surface area contributed by atoms with Gasteiger partial charge in [-0.05, 0) is 24.6 Å².